The van der Waals surface area contributed by atoms with Crippen molar-refractivity contribution in [2.75, 3.05) is 27.7 Å². The number of hydrogen-bond acceptors (Lipinski definition) is 1. The van der Waals surface area contributed by atoms with Crippen molar-refractivity contribution in [2.45, 2.75) is 13.0 Å². The molecule has 0 radical (unpaired) electrons. The van der Waals surface area contributed by atoms with Gasteiger partial charge in [0.25, 0.3) is 0 Å². The Labute approximate surface area is 64.0 Å². The van der Waals surface area contributed by atoms with E-state index in [0.717, 1.165) is 11.0 Å². The Bertz CT molecular complexity index is 65.9. The smallest absolute Gasteiger partial charge is 0.0931 e. The highest BCUT2D eigenvalue weighted by Crippen LogP contribution is 1.90. The van der Waals surface area contributed by atoms with Crippen LogP contribution in [0.25, 0.3) is 0 Å². The van der Waals surface area contributed by atoms with Gasteiger partial charge in [0.15, 0.2) is 0 Å². The Hall–Kier alpha value is 0.210. The van der Waals surface area contributed by atoms with Crippen LogP contribution in [0.15, 0.2) is 0 Å². The van der Waals surface area contributed by atoms with Crippen molar-refractivity contribution in [3.05, 3.63) is 0 Å². The van der Waals surface area contributed by atoms with Crippen molar-refractivity contribution in [1.82, 2.24) is 0 Å². The van der Waals surface area contributed by atoms with Gasteiger partial charge in [-0.3, -0.25) is 0 Å². The van der Waals surface area contributed by atoms with Crippen LogP contribution in [0.5, 0.6) is 0 Å². The summed E-state index contributed by atoms with van der Waals surface area (Å²) < 4.78 is 0.956. The van der Waals surface area contributed by atoms with E-state index in [1.54, 1.807) is 0 Å². The molecule has 0 amide bonds. The lowest BCUT2D eigenvalue weighted by atomic mass is 10.3. The quantitative estimate of drug-likeness (QED) is 0.421. The van der Waals surface area contributed by atoms with Gasteiger partial charge in [0.1, 0.15) is 0 Å². The fraction of sp³-hybridized carbons (Fsp3) is 1.00. The number of rotatable bonds is 2. The molecule has 0 aliphatic rings. The van der Waals surface area contributed by atoms with Crippen molar-refractivity contribution in [1.29, 1.82) is 0 Å². The predicted molar refractivity (Wildman–Crippen MR) is 36.5 cm³/mol. The summed E-state index contributed by atoms with van der Waals surface area (Å²) in [5.41, 5.74) is 5.56. The van der Waals surface area contributed by atoms with Gasteiger partial charge < -0.3 is 22.6 Å². The van der Waals surface area contributed by atoms with Gasteiger partial charge >= 0.3 is 0 Å². The first-order valence-electron chi connectivity index (χ1n) is 2.98. The average Bonchev–Trinajstić information content (AvgIpc) is 1.21. The first kappa shape index (κ1) is 11.9. The standard InChI is InChI=1S/C6H17N2.ClH/c1-6(7)5-8(2,3)4;/h6H,5,7H2,1-4H3;1H/q+1;/p-1. The van der Waals surface area contributed by atoms with Crippen molar-refractivity contribution in [2.24, 2.45) is 5.73 Å². The van der Waals surface area contributed by atoms with E-state index >= 15 is 0 Å². The minimum absolute atomic E-state index is 0. The lowest BCUT2D eigenvalue weighted by Crippen LogP contribution is -3.00. The number of halogens is 1. The summed E-state index contributed by atoms with van der Waals surface area (Å²) in [6.45, 7) is 3.07. The molecule has 0 fully saturated rings. The van der Waals surface area contributed by atoms with Crippen LogP contribution < -0.4 is 18.1 Å². The fourth-order valence-electron chi connectivity index (χ4n) is 0.864. The molecule has 0 aromatic carbocycles. The van der Waals surface area contributed by atoms with Crippen molar-refractivity contribution in [3.8, 4) is 0 Å². The Morgan fingerprint density at radius 3 is 1.67 bits per heavy atom. The van der Waals surface area contributed by atoms with E-state index in [2.05, 4.69) is 21.1 Å². The molecule has 3 heteroatoms. The Balaban J connectivity index is 0. The van der Waals surface area contributed by atoms with Gasteiger partial charge in [0.05, 0.1) is 33.7 Å². The summed E-state index contributed by atoms with van der Waals surface area (Å²) in [5, 5.41) is 0. The second-order valence-electron chi connectivity index (χ2n) is 3.45. The minimum Gasteiger partial charge on any atom is -1.00 e. The van der Waals surface area contributed by atoms with Crippen LogP contribution in [-0.2, 0) is 0 Å². The van der Waals surface area contributed by atoms with Crippen LogP contribution >= 0.6 is 0 Å². The molecule has 0 aromatic rings. The van der Waals surface area contributed by atoms with Gasteiger partial charge in [-0.1, -0.05) is 0 Å². The normalized spacial score (nSPS) is 14.3. The number of likely N-dealkylation sites (N-methyl/N-ethyl adjacent to an activating group) is 1. The maximum Gasteiger partial charge on any atom is 0.0931 e. The second-order valence-corrected chi connectivity index (χ2v) is 3.45. The van der Waals surface area contributed by atoms with E-state index in [9.17, 15) is 0 Å². The molecule has 1 atom stereocenters. The molecule has 2 nitrogen and oxygen atoms in total. The first-order valence-corrected chi connectivity index (χ1v) is 2.98. The summed E-state index contributed by atoms with van der Waals surface area (Å²) in [5.74, 6) is 0. The second kappa shape index (κ2) is 4.09. The molecule has 58 valence electrons. The Morgan fingerprint density at radius 1 is 1.33 bits per heavy atom. The highest BCUT2D eigenvalue weighted by Gasteiger charge is 2.08. The molecule has 0 saturated carbocycles. The number of nitrogens with two attached hydrogens (primary N) is 1. The maximum atomic E-state index is 5.56. The molecule has 0 bridgehead atoms. The van der Waals surface area contributed by atoms with Crippen LogP contribution in [0.3, 0.4) is 0 Å². The molecule has 0 aliphatic carbocycles. The van der Waals surface area contributed by atoms with E-state index < -0.39 is 0 Å². The molecule has 0 saturated heterocycles. The van der Waals surface area contributed by atoms with Gasteiger partial charge in [-0.25, -0.2) is 0 Å². The predicted octanol–water partition coefficient (Wildman–Crippen LogP) is -2.96. The molecule has 2 N–H and O–H groups in total. The zero-order chi connectivity index (χ0) is 6.78. The van der Waals surface area contributed by atoms with E-state index in [4.69, 9.17) is 5.73 Å². The topological polar surface area (TPSA) is 26.0 Å². The molecule has 0 spiro atoms. The van der Waals surface area contributed by atoms with Gasteiger partial charge in [0.2, 0.25) is 0 Å². The Morgan fingerprint density at radius 2 is 1.67 bits per heavy atom. The number of quaternary nitrogens is 1. The first-order chi connectivity index (χ1) is 3.42. The molecule has 9 heavy (non-hydrogen) atoms. The lowest BCUT2D eigenvalue weighted by molar-refractivity contribution is -0.871. The highest BCUT2D eigenvalue weighted by molar-refractivity contribution is 4.47. The molecule has 0 aliphatic heterocycles. The van der Waals surface area contributed by atoms with Gasteiger partial charge in [-0.2, -0.15) is 0 Å². The fourth-order valence-corrected chi connectivity index (χ4v) is 0.864. The molecule has 0 rings (SSSR count). The summed E-state index contributed by atoms with van der Waals surface area (Å²) in [6.07, 6.45) is 0. The highest BCUT2D eigenvalue weighted by atomic mass is 35.5. The summed E-state index contributed by atoms with van der Waals surface area (Å²) in [4.78, 5) is 0. The zero-order valence-corrected chi connectivity index (χ0v) is 7.44. The van der Waals surface area contributed by atoms with Crippen LogP contribution in [-0.4, -0.2) is 38.2 Å². The molecule has 0 heterocycles. The monoisotopic (exact) mass is 152 g/mol. The third-order valence-corrected chi connectivity index (χ3v) is 0.836. The SMILES string of the molecule is CC(N)C[N+](C)(C)C.[Cl-]. The number of hydrogen-bond donors (Lipinski definition) is 1. The third-order valence-electron chi connectivity index (χ3n) is 0.836. The molecule has 0 aromatic heterocycles. The van der Waals surface area contributed by atoms with E-state index in [1.807, 2.05) is 6.92 Å². The molecular formula is C6H17ClN2. The third kappa shape index (κ3) is 11.7. The number of nitrogens with zero attached hydrogens (tertiary/aromatic N) is 1. The van der Waals surface area contributed by atoms with E-state index in [-0.39, 0.29) is 12.4 Å². The van der Waals surface area contributed by atoms with Crippen LogP contribution in [0, 0.1) is 0 Å². The summed E-state index contributed by atoms with van der Waals surface area (Å²) >= 11 is 0. The van der Waals surface area contributed by atoms with E-state index in [1.165, 1.54) is 0 Å². The van der Waals surface area contributed by atoms with Crippen LogP contribution in [0.4, 0.5) is 0 Å². The van der Waals surface area contributed by atoms with E-state index in [0.29, 0.717) is 6.04 Å². The zero-order valence-electron chi connectivity index (χ0n) is 6.69. The minimum atomic E-state index is 0. The van der Waals surface area contributed by atoms with Gasteiger partial charge in [-0.15, -0.1) is 0 Å². The maximum absolute atomic E-state index is 5.56. The van der Waals surface area contributed by atoms with Crippen molar-refractivity contribution < 1.29 is 16.9 Å². The lowest BCUT2D eigenvalue weighted by Gasteiger charge is -2.25. The molecular weight excluding hydrogens is 136 g/mol. The van der Waals surface area contributed by atoms with Crippen LogP contribution in [0.2, 0.25) is 0 Å². The van der Waals surface area contributed by atoms with Gasteiger partial charge in [-0.05, 0) is 6.92 Å². The largest absolute Gasteiger partial charge is 1.00 e. The Kier molecular flexibility index (Phi) is 5.43. The van der Waals surface area contributed by atoms with Crippen LogP contribution in [0.1, 0.15) is 6.92 Å². The summed E-state index contributed by atoms with van der Waals surface area (Å²) in [7, 11) is 6.43. The average molecular weight is 153 g/mol. The summed E-state index contributed by atoms with van der Waals surface area (Å²) in [6, 6.07) is 0.315. The van der Waals surface area contributed by atoms with Crippen molar-refractivity contribution >= 4 is 0 Å². The van der Waals surface area contributed by atoms with Gasteiger partial charge in [0, 0.05) is 0 Å². The van der Waals surface area contributed by atoms with Crippen molar-refractivity contribution in [3.63, 3.8) is 0 Å². The molecule has 1 unspecified atom stereocenters.